The normalized spacial score (nSPS) is 16.0. The molecule has 2 aromatic rings. The molecule has 122 valence electrons. The third-order valence-electron chi connectivity index (χ3n) is 4.11. The number of benzene rings is 1. The van der Waals surface area contributed by atoms with E-state index < -0.39 is 0 Å². The van der Waals surface area contributed by atoms with Gasteiger partial charge in [0.1, 0.15) is 5.82 Å². The second-order valence-corrected chi connectivity index (χ2v) is 6.70. The van der Waals surface area contributed by atoms with Gasteiger partial charge in [0.2, 0.25) is 5.91 Å². The first-order valence-corrected chi connectivity index (χ1v) is 8.72. The molecule has 1 N–H and O–H groups in total. The van der Waals surface area contributed by atoms with Crippen LogP contribution in [0.5, 0.6) is 0 Å². The lowest BCUT2D eigenvalue weighted by Gasteiger charge is -2.06. The summed E-state index contributed by atoms with van der Waals surface area (Å²) in [5, 5.41) is 4.77. The van der Waals surface area contributed by atoms with Crippen LogP contribution in [0.15, 0.2) is 34.6 Å². The Bertz CT molecular complexity index is 742. The maximum Gasteiger partial charge on any atom is 0.230 e. The molecule has 1 aliphatic carbocycles. The number of hydrogen-bond donors (Lipinski definition) is 1. The molecule has 0 spiro atoms. The van der Waals surface area contributed by atoms with Crippen molar-refractivity contribution in [2.24, 2.45) is 12.0 Å². The summed E-state index contributed by atoms with van der Waals surface area (Å²) >= 11 is 1.58. The maximum atomic E-state index is 12.9. The first-order valence-electron chi connectivity index (χ1n) is 7.84. The van der Waals surface area contributed by atoms with E-state index in [1.54, 1.807) is 23.5 Å². The Morgan fingerprint density at radius 3 is 2.74 bits per heavy atom. The molecule has 1 saturated carbocycles. The molecule has 0 radical (unpaired) electrons. The van der Waals surface area contributed by atoms with Crippen molar-refractivity contribution in [2.45, 2.75) is 38.1 Å². The lowest BCUT2D eigenvalue weighted by Crippen LogP contribution is -2.20. The zero-order chi connectivity index (χ0) is 16.2. The van der Waals surface area contributed by atoms with Crippen LogP contribution in [0.4, 0.5) is 10.1 Å². The van der Waals surface area contributed by atoms with Gasteiger partial charge < -0.3 is 9.88 Å². The van der Waals surface area contributed by atoms with E-state index in [9.17, 15) is 9.18 Å². The number of anilines is 1. The summed E-state index contributed by atoms with van der Waals surface area (Å²) in [5.41, 5.74) is 1.54. The van der Waals surface area contributed by atoms with Gasteiger partial charge in [-0.15, -0.1) is 11.3 Å². The summed E-state index contributed by atoms with van der Waals surface area (Å²) in [6, 6.07) is 6.21. The van der Waals surface area contributed by atoms with Crippen LogP contribution in [0, 0.1) is 5.82 Å². The summed E-state index contributed by atoms with van der Waals surface area (Å²) in [6.45, 7) is 0. The number of amides is 1. The zero-order valence-corrected chi connectivity index (χ0v) is 13.9. The van der Waals surface area contributed by atoms with Crippen molar-refractivity contribution in [3.8, 4) is 0 Å². The van der Waals surface area contributed by atoms with E-state index in [2.05, 4.69) is 5.32 Å². The molecule has 0 saturated heterocycles. The Kier molecular flexibility index (Phi) is 4.91. The van der Waals surface area contributed by atoms with E-state index >= 15 is 0 Å². The summed E-state index contributed by atoms with van der Waals surface area (Å²) in [5.74, 6) is -0.428. The Labute approximate surface area is 138 Å². The fraction of sp³-hybridized carbons (Fsp3) is 0.412. The molecule has 1 heterocycles. The van der Waals surface area contributed by atoms with Crippen LogP contribution < -0.4 is 10.1 Å². The molecule has 4 nitrogen and oxygen atoms in total. The van der Waals surface area contributed by atoms with Gasteiger partial charge in [0, 0.05) is 23.8 Å². The van der Waals surface area contributed by atoms with E-state index in [1.807, 2.05) is 17.0 Å². The number of halogens is 1. The number of thiazole rings is 1. The van der Waals surface area contributed by atoms with Crippen LogP contribution in [-0.2, 0) is 18.3 Å². The molecule has 1 aromatic carbocycles. The quantitative estimate of drug-likeness (QED) is 0.917. The Balaban J connectivity index is 1.66. The van der Waals surface area contributed by atoms with Crippen LogP contribution in [0.2, 0.25) is 0 Å². The number of carbonyl (C=O) groups excluding carboxylic acids is 1. The van der Waals surface area contributed by atoms with Crippen molar-refractivity contribution in [2.75, 3.05) is 5.32 Å². The van der Waals surface area contributed by atoms with Gasteiger partial charge in [-0.25, -0.2) is 4.39 Å². The maximum absolute atomic E-state index is 12.9. The minimum atomic E-state index is -0.314. The van der Waals surface area contributed by atoms with Crippen molar-refractivity contribution >= 4 is 22.9 Å². The van der Waals surface area contributed by atoms with Gasteiger partial charge in [0.25, 0.3) is 0 Å². The van der Waals surface area contributed by atoms with E-state index in [-0.39, 0.29) is 18.1 Å². The van der Waals surface area contributed by atoms with Crippen molar-refractivity contribution in [3.63, 3.8) is 0 Å². The Morgan fingerprint density at radius 1 is 1.35 bits per heavy atom. The van der Waals surface area contributed by atoms with Crippen LogP contribution in [0.1, 0.15) is 31.4 Å². The third kappa shape index (κ3) is 4.07. The molecule has 1 aliphatic rings. The summed E-state index contributed by atoms with van der Waals surface area (Å²) < 4.78 is 14.9. The van der Waals surface area contributed by atoms with Gasteiger partial charge in [-0.05, 0) is 37.1 Å². The molecular formula is C17H20FN3OS. The SMILES string of the molecule is Cn1c(CC(=O)Nc2ccc(F)cc2)csc1=NC1CCCC1. The summed E-state index contributed by atoms with van der Waals surface area (Å²) in [7, 11) is 1.95. The average molecular weight is 333 g/mol. The Morgan fingerprint density at radius 2 is 2.04 bits per heavy atom. The average Bonchev–Trinajstić information content (AvgIpc) is 3.15. The lowest BCUT2D eigenvalue weighted by atomic mass is 10.2. The fourth-order valence-corrected chi connectivity index (χ4v) is 3.74. The van der Waals surface area contributed by atoms with Gasteiger partial charge in [0.05, 0.1) is 12.5 Å². The molecule has 1 aromatic heterocycles. The molecular weight excluding hydrogens is 313 g/mol. The van der Waals surface area contributed by atoms with E-state index in [1.165, 1.54) is 25.0 Å². The van der Waals surface area contributed by atoms with Crippen molar-refractivity contribution in [3.05, 3.63) is 46.0 Å². The van der Waals surface area contributed by atoms with Crippen LogP contribution in [0.25, 0.3) is 0 Å². The van der Waals surface area contributed by atoms with E-state index in [0.717, 1.165) is 23.3 Å². The second kappa shape index (κ2) is 7.08. The number of carbonyl (C=O) groups is 1. The third-order valence-corrected chi connectivity index (χ3v) is 5.09. The second-order valence-electron chi connectivity index (χ2n) is 5.87. The largest absolute Gasteiger partial charge is 0.326 e. The molecule has 0 bridgehead atoms. The predicted octanol–water partition coefficient (Wildman–Crippen LogP) is 3.25. The first kappa shape index (κ1) is 15.9. The van der Waals surface area contributed by atoms with Crippen molar-refractivity contribution in [1.29, 1.82) is 0 Å². The zero-order valence-electron chi connectivity index (χ0n) is 13.1. The monoisotopic (exact) mass is 333 g/mol. The van der Waals surface area contributed by atoms with Crippen molar-refractivity contribution < 1.29 is 9.18 Å². The van der Waals surface area contributed by atoms with Crippen LogP contribution in [0.3, 0.4) is 0 Å². The standard InChI is InChI=1S/C17H20FN3OS/c1-21-15(11-23-17(21)20-13-4-2-3-5-13)10-16(22)19-14-8-6-12(18)7-9-14/h6-9,11,13H,2-5,10H2,1H3,(H,19,22). The molecule has 1 amide bonds. The Hall–Kier alpha value is -1.95. The van der Waals surface area contributed by atoms with Gasteiger partial charge in [-0.1, -0.05) is 12.8 Å². The van der Waals surface area contributed by atoms with Gasteiger partial charge in [-0.3, -0.25) is 9.79 Å². The number of hydrogen-bond acceptors (Lipinski definition) is 3. The molecule has 0 aliphatic heterocycles. The highest BCUT2D eigenvalue weighted by atomic mass is 32.1. The first-order chi connectivity index (χ1) is 11.1. The number of rotatable bonds is 4. The predicted molar refractivity (Wildman–Crippen MR) is 89.8 cm³/mol. The lowest BCUT2D eigenvalue weighted by molar-refractivity contribution is -0.115. The number of nitrogens with one attached hydrogen (secondary N) is 1. The minimum Gasteiger partial charge on any atom is -0.326 e. The van der Waals surface area contributed by atoms with Crippen LogP contribution >= 0.6 is 11.3 Å². The summed E-state index contributed by atoms with van der Waals surface area (Å²) in [4.78, 5) is 17.9. The smallest absolute Gasteiger partial charge is 0.230 e. The van der Waals surface area contributed by atoms with Gasteiger partial charge >= 0.3 is 0 Å². The highest BCUT2D eigenvalue weighted by molar-refractivity contribution is 7.07. The molecule has 1 fully saturated rings. The molecule has 23 heavy (non-hydrogen) atoms. The van der Waals surface area contributed by atoms with E-state index in [4.69, 9.17) is 4.99 Å². The van der Waals surface area contributed by atoms with Crippen LogP contribution in [-0.4, -0.2) is 16.5 Å². The van der Waals surface area contributed by atoms with Crippen molar-refractivity contribution in [1.82, 2.24) is 4.57 Å². The highest BCUT2D eigenvalue weighted by Crippen LogP contribution is 2.20. The molecule has 0 unspecified atom stereocenters. The number of aromatic nitrogens is 1. The molecule has 0 atom stereocenters. The minimum absolute atomic E-state index is 0.113. The molecule has 6 heteroatoms. The van der Waals surface area contributed by atoms with Gasteiger partial charge in [-0.2, -0.15) is 0 Å². The van der Waals surface area contributed by atoms with E-state index in [0.29, 0.717) is 11.7 Å². The fourth-order valence-electron chi connectivity index (χ4n) is 2.77. The number of nitrogens with zero attached hydrogens (tertiary/aromatic N) is 2. The van der Waals surface area contributed by atoms with Gasteiger partial charge in [0.15, 0.2) is 4.80 Å². The molecule has 3 rings (SSSR count). The highest BCUT2D eigenvalue weighted by Gasteiger charge is 2.14. The summed E-state index contributed by atoms with van der Waals surface area (Å²) in [6.07, 6.45) is 5.13. The topological polar surface area (TPSA) is 46.4 Å².